The largest absolute Gasteiger partial charge is 0.309 e. The van der Waals surface area contributed by atoms with E-state index >= 15 is 0 Å². The van der Waals surface area contributed by atoms with Gasteiger partial charge in [0.2, 0.25) is 5.91 Å². The number of hydrogen-bond donors (Lipinski definition) is 2. The van der Waals surface area contributed by atoms with E-state index in [1.165, 1.54) is 0 Å². The highest BCUT2D eigenvalue weighted by molar-refractivity contribution is 6.30. The van der Waals surface area contributed by atoms with Crippen LogP contribution < -0.4 is 10.6 Å². The fraction of sp³-hybridized carbons (Fsp3) is 0.217. The second-order valence-electron chi connectivity index (χ2n) is 7.53. The number of aryl methyl sites for hydroxylation is 2. The molecule has 3 aromatic heterocycles. The first kappa shape index (κ1) is 21.7. The molecule has 0 bridgehead atoms. The number of aromatic nitrogens is 5. The molecule has 0 aliphatic heterocycles. The average Bonchev–Trinajstić information content (AvgIpc) is 3.41. The lowest BCUT2D eigenvalue weighted by Gasteiger charge is -2.17. The molecule has 1 atom stereocenters. The van der Waals surface area contributed by atoms with Crippen LogP contribution in [0.2, 0.25) is 5.02 Å². The molecule has 0 fully saturated rings. The molecular weight excluding hydrogens is 426 g/mol. The molecule has 8 nitrogen and oxygen atoms in total. The quantitative estimate of drug-likeness (QED) is 0.430. The zero-order valence-electron chi connectivity index (χ0n) is 17.9. The van der Waals surface area contributed by atoms with E-state index < -0.39 is 6.04 Å². The van der Waals surface area contributed by atoms with Crippen LogP contribution in [-0.4, -0.2) is 37.0 Å². The van der Waals surface area contributed by atoms with Gasteiger partial charge in [-0.2, -0.15) is 10.2 Å². The Morgan fingerprint density at radius 1 is 0.969 bits per heavy atom. The first-order chi connectivity index (χ1) is 15.5. The summed E-state index contributed by atoms with van der Waals surface area (Å²) in [5.41, 5.74) is 3.82. The fourth-order valence-corrected chi connectivity index (χ4v) is 3.50. The summed E-state index contributed by atoms with van der Waals surface area (Å²) in [6.45, 7) is 0.613. The van der Waals surface area contributed by atoms with Crippen LogP contribution in [-0.2, 0) is 25.3 Å². The van der Waals surface area contributed by atoms with Crippen molar-refractivity contribution in [3.8, 4) is 11.1 Å². The number of pyridine rings is 1. The van der Waals surface area contributed by atoms with Gasteiger partial charge in [-0.15, -0.1) is 0 Å². The van der Waals surface area contributed by atoms with Crippen LogP contribution in [0.5, 0.6) is 0 Å². The highest BCUT2D eigenvalue weighted by atomic mass is 35.5. The molecule has 4 rings (SSSR count). The second kappa shape index (κ2) is 9.76. The molecule has 1 aromatic carbocycles. The third-order valence-corrected chi connectivity index (χ3v) is 5.30. The van der Waals surface area contributed by atoms with E-state index in [-0.39, 0.29) is 5.91 Å². The summed E-state index contributed by atoms with van der Waals surface area (Å²) in [6, 6.07) is 10.8. The minimum atomic E-state index is -0.559. The Labute approximate surface area is 191 Å². The van der Waals surface area contributed by atoms with Crippen molar-refractivity contribution in [3.63, 3.8) is 0 Å². The predicted octanol–water partition coefficient (Wildman–Crippen LogP) is 3.38. The van der Waals surface area contributed by atoms with Crippen molar-refractivity contribution in [3.05, 3.63) is 83.5 Å². The van der Waals surface area contributed by atoms with Gasteiger partial charge in [0, 0.05) is 60.9 Å². The molecular formula is C23H24ClN7O. The van der Waals surface area contributed by atoms with Gasteiger partial charge in [-0.3, -0.25) is 14.2 Å². The highest BCUT2D eigenvalue weighted by Gasteiger charge is 2.22. The Balaban J connectivity index is 1.43. The lowest BCUT2D eigenvalue weighted by molar-refractivity contribution is -0.118. The topological polar surface area (TPSA) is 89.7 Å². The number of hydrogen-bond acceptors (Lipinski definition) is 5. The van der Waals surface area contributed by atoms with Gasteiger partial charge in [-0.1, -0.05) is 23.7 Å². The zero-order chi connectivity index (χ0) is 22.5. The first-order valence-corrected chi connectivity index (χ1v) is 10.6. The summed E-state index contributed by atoms with van der Waals surface area (Å²) in [4.78, 5) is 17.5. The molecule has 0 aliphatic carbocycles. The third kappa shape index (κ3) is 5.40. The number of nitrogens with one attached hydrogen (secondary N) is 2. The van der Waals surface area contributed by atoms with Crippen molar-refractivity contribution in [2.75, 3.05) is 11.9 Å². The van der Waals surface area contributed by atoms with Gasteiger partial charge in [-0.05, 0) is 36.2 Å². The third-order valence-electron chi connectivity index (χ3n) is 5.05. The van der Waals surface area contributed by atoms with E-state index in [2.05, 4.69) is 25.8 Å². The van der Waals surface area contributed by atoms with Crippen LogP contribution in [0.4, 0.5) is 5.82 Å². The molecule has 0 saturated heterocycles. The molecule has 1 amide bonds. The summed E-state index contributed by atoms with van der Waals surface area (Å²) in [5, 5.41) is 15.3. The number of carbonyl (C=O) groups excluding carboxylic acids is 1. The molecule has 3 heterocycles. The molecule has 0 saturated carbocycles. The van der Waals surface area contributed by atoms with Crippen LogP contribution in [0, 0.1) is 0 Å². The SMILES string of the molecule is Cn1cc(-c2ccc(NC(=O)[C@H](NCCc3ccc(Cl)cc3)c3cnn(C)c3)nc2)cn1. The van der Waals surface area contributed by atoms with Crippen LogP contribution in [0.25, 0.3) is 11.1 Å². The number of rotatable bonds is 8. The number of amides is 1. The molecule has 0 radical (unpaired) electrons. The molecule has 0 unspecified atom stereocenters. The number of carbonyl (C=O) groups is 1. The molecule has 0 aliphatic rings. The second-order valence-corrected chi connectivity index (χ2v) is 7.97. The molecule has 9 heteroatoms. The van der Waals surface area contributed by atoms with E-state index in [4.69, 9.17) is 11.6 Å². The van der Waals surface area contributed by atoms with E-state index in [1.807, 2.05) is 56.8 Å². The smallest absolute Gasteiger partial charge is 0.247 e. The van der Waals surface area contributed by atoms with Gasteiger partial charge in [-0.25, -0.2) is 4.98 Å². The first-order valence-electron chi connectivity index (χ1n) is 10.2. The maximum atomic E-state index is 13.1. The molecule has 4 aromatic rings. The molecule has 2 N–H and O–H groups in total. The standard InChI is InChI=1S/C23H24ClN7O/c1-30-14-18(12-27-30)17-5-8-21(26-11-17)29-23(32)22(19-13-28-31(2)15-19)25-10-9-16-3-6-20(24)7-4-16/h3-8,11-15,22,25H,9-10H2,1-2H3,(H,26,29,32)/t22-/m1/s1. The minimum Gasteiger partial charge on any atom is -0.309 e. The van der Waals surface area contributed by atoms with Gasteiger partial charge in [0.1, 0.15) is 11.9 Å². The summed E-state index contributed by atoms with van der Waals surface area (Å²) >= 11 is 5.95. The summed E-state index contributed by atoms with van der Waals surface area (Å²) in [6.07, 6.45) is 9.70. The van der Waals surface area contributed by atoms with E-state index in [0.717, 1.165) is 28.7 Å². The van der Waals surface area contributed by atoms with E-state index in [9.17, 15) is 4.79 Å². The van der Waals surface area contributed by atoms with Crippen molar-refractivity contribution in [2.24, 2.45) is 14.1 Å². The molecule has 32 heavy (non-hydrogen) atoms. The van der Waals surface area contributed by atoms with E-state index in [1.54, 1.807) is 34.0 Å². The number of anilines is 1. The summed E-state index contributed by atoms with van der Waals surface area (Å²) in [5.74, 6) is 0.284. The van der Waals surface area contributed by atoms with Crippen molar-refractivity contribution >= 4 is 23.3 Å². The normalized spacial score (nSPS) is 12.0. The molecule has 0 spiro atoms. The maximum Gasteiger partial charge on any atom is 0.247 e. The highest BCUT2D eigenvalue weighted by Crippen LogP contribution is 2.20. The Morgan fingerprint density at radius 3 is 2.34 bits per heavy atom. The van der Waals surface area contributed by atoms with Crippen molar-refractivity contribution < 1.29 is 4.79 Å². The van der Waals surface area contributed by atoms with Crippen LogP contribution in [0.3, 0.4) is 0 Å². The van der Waals surface area contributed by atoms with E-state index in [0.29, 0.717) is 17.4 Å². The van der Waals surface area contributed by atoms with Gasteiger partial charge < -0.3 is 10.6 Å². The fourth-order valence-electron chi connectivity index (χ4n) is 3.37. The number of halogens is 1. The van der Waals surface area contributed by atoms with Crippen LogP contribution in [0.15, 0.2) is 67.4 Å². The molecule has 164 valence electrons. The Morgan fingerprint density at radius 2 is 1.72 bits per heavy atom. The lowest BCUT2D eigenvalue weighted by Crippen LogP contribution is -2.34. The maximum absolute atomic E-state index is 13.1. The van der Waals surface area contributed by atoms with Crippen molar-refractivity contribution in [1.29, 1.82) is 0 Å². The number of benzene rings is 1. The van der Waals surface area contributed by atoms with Crippen molar-refractivity contribution in [1.82, 2.24) is 29.9 Å². The summed E-state index contributed by atoms with van der Waals surface area (Å²) < 4.78 is 3.41. The monoisotopic (exact) mass is 449 g/mol. The number of nitrogens with zero attached hydrogens (tertiary/aromatic N) is 5. The Bertz CT molecular complexity index is 1180. The minimum absolute atomic E-state index is 0.198. The predicted molar refractivity (Wildman–Crippen MR) is 124 cm³/mol. The van der Waals surface area contributed by atoms with Crippen molar-refractivity contribution in [2.45, 2.75) is 12.5 Å². The average molecular weight is 450 g/mol. The Hall–Kier alpha value is -3.49. The van der Waals surface area contributed by atoms with Gasteiger partial charge in [0.25, 0.3) is 0 Å². The van der Waals surface area contributed by atoms with Gasteiger partial charge >= 0.3 is 0 Å². The zero-order valence-corrected chi connectivity index (χ0v) is 18.6. The van der Waals surface area contributed by atoms with Crippen LogP contribution in [0.1, 0.15) is 17.2 Å². The Kier molecular flexibility index (Phi) is 6.63. The van der Waals surface area contributed by atoms with Gasteiger partial charge in [0.15, 0.2) is 0 Å². The van der Waals surface area contributed by atoms with Crippen LogP contribution >= 0.6 is 11.6 Å². The lowest BCUT2D eigenvalue weighted by atomic mass is 10.1. The summed E-state index contributed by atoms with van der Waals surface area (Å²) in [7, 11) is 3.69. The van der Waals surface area contributed by atoms with Gasteiger partial charge in [0.05, 0.1) is 12.4 Å².